The lowest BCUT2D eigenvalue weighted by Gasteiger charge is -2.44. The lowest BCUT2D eigenvalue weighted by atomic mass is 10.00. The Balaban J connectivity index is 1.84. The van der Waals surface area contributed by atoms with Crippen LogP contribution in [0.1, 0.15) is 26.7 Å². The van der Waals surface area contributed by atoms with Crippen LogP contribution >= 0.6 is 0 Å². The summed E-state index contributed by atoms with van der Waals surface area (Å²) in [6, 6.07) is 7.03. The molecule has 2 saturated heterocycles. The quantitative estimate of drug-likeness (QED) is 0.827. The van der Waals surface area contributed by atoms with Crippen molar-refractivity contribution < 1.29 is 17.9 Å². The molecule has 0 saturated carbocycles. The normalized spacial score (nSPS) is 22.3. The van der Waals surface area contributed by atoms with Gasteiger partial charge in [0.1, 0.15) is 11.5 Å². The maximum Gasteiger partial charge on any atom is 0.245 e. The van der Waals surface area contributed by atoms with Crippen molar-refractivity contribution in [3.8, 4) is 5.75 Å². The van der Waals surface area contributed by atoms with E-state index in [0.29, 0.717) is 42.7 Å². The van der Waals surface area contributed by atoms with Crippen molar-refractivity contribution in [3.05, 3.63) is 24.3 Å². The Morgan fingerprint density at radius 3 is 2.29 bits per heavy atom. The predicted molar refractivity (Wildman–Crippen MR) is 91.5 cm³/mol. The van der Waals surface area contributed by atoms with Gasteiger partial charge >= 0.3 is 0 Å². The van der Waals surface area contributed by atoms with Crippen LogP contribution < -0.4 is 4.74 Å². The van der Waals surface area contributed by atoms with Crippen LogP contribution in [0, 0.1) is 0 Å². The maximum absolute atomic E-state index is 13.1. The molecule has 2 heterocycles. The lowest BCUT2D eigenvalue weighted by Crippen LogP contribution is -2.55. The van der Waals surface area contributed by atoms with Gasteiger partial charge in [-0.15, -0.1) is 0 Å². The fourth-order valence-corrected chi connectivity index (χ4v) is 5.31. The van der Waals surface area contributed by atoms with Crippen LogP contribution in [-0.4, -0.2) is 62.7 Å². The first kappa shape index (κ1) is 17.7. The highest BCUT2D eigenvalue weighted by Crippen LogP contribution is 2.38. The van der Waals surface area contributed by atoms with Crippen LogP contribution in [0.3, 0.4) is 0 Å². The van der Waals surface area contributed by atoms with Gasteiger partial charge in [-0.1, -0.05) is 0 Å². The second-order valence-electron chi connectivity index (χ2n) is 6.68. The second kappa shape index (κ2) is 6.63. The van der Waals surface area contributed by atoms with Crippen molar-refractivity contribution in [3.63, 3.8) is 0 Å². The number of nitrogens with zero attached hydrogens (tertiary/aromatic N) is 2. The van der Waals surface area contributed by atoms with E-state index in [9.17, 15) is 8.42 Å². The molecule has 0 radical (unpaired) electrons. The van der Waals surface area contributed by atoms with Crippen LogP contribution in [0.5, 0.6) is 5.75 Å². The smallest absolute Gasteiger partial charge is 0.245 e. The molecule has 2 aliphatic heterocycles. The molecule has 2 fully saturated rings. The van der Waals surface area contributed by atoms with E-state index < -0.39 is 15.7 Å². The van der Waals surface area contributed by atoms with Gasteiger partial charge in [0.05, 0.1) is 18.6 Å². The molecule has 1 aromatic carbocycles. The number of ether oxygens (including phenoxy) is 2. The topological polar surface area (TPSA) is 59.1 Å². The molecule has 134 valence electrons. The Labute approximate surface area is 144 Å². The summed E-state index contributed by atoms with van der Waals surface area (Å²) < 4.78 is 38.9. The highest BCUT2D eigenvalue weighted by atomic mass is 32.2. The minimum absolute atomic E-state index is 0.291. The van der Waals surface area contributed by atoms with Crippen molar-refractivity contribution in [2.75, 3.05) is 33.4 Å². The van der Waals surface area contributed by atoms with E-state index in [1.807, 2.05) is 0 Å². The number of benzene rings is 1. The van der Waals surface area contributed by atoms with Gasteiger partial charge in [0, 0.05) is 38.5 Å². The van der Waals surface area contributed by atoms with Crippen LogP contribution in [0.4, 0.5) is 0 Å². The molecule has 2 aliphatic rings. The van der Waals surface area contributed by atoms with E-state index in [2.05, 4.69) is 18.7 Å². The molecule has 0 unspecified atom stereocenters. The minimum atomic E-state index is -3.58. The first-order valence-corrected chi connectivity index (χ1v) is 9.88. The molecule has 6 nitrogen and oxygen atoms in total. The molecule has 0 atom stereocenters. The van der Waals surface area contributed by atoms with E-state index in [4.69, 9.17) is 9.47 Å². The number of hydrogen-bond donors (Lipinski definition) is 0. The van der Waals surface area contributed by atoms with Crippen molar-refractivity contribution in [1.82, 2.24) is 9.21 Å². The van der Waals surface area contributed by atoms with Crippen molar-refractivity contribution >= 4 is 10.0 Å². The van der Waals surface area contributed by atoms with E-state index >= 15 is 0 Å². The molecule has 7 heteroatoms. The highest BCUT2D eigenvalue weighted by molar-refractivity contribution is 7.89. The van der Waals surface area contributed by atoms with Crippen molar-refractivity contribution in [2.24, 2.45) is 0 Å². The molecular formula is C17H26N2O4S. The molecular weight excluding hydrogens is 328 g/mol. The van der Waals surface area contributed by atoms with Gasteiger partial charge in [-0.05, 0) is 38.1 Å². The summed E-state index contributed by atoms with van der Waals surface area (Å²) >= 11 is 0. The van der Waals surface area contributed by atoms with E-state index in [0.717, 1.165) is 13.1 Å². The Hall–Kier alpha value is -1.15. The Bertz CT molecular complexity index is 664. The van der Waals surface area contributed by atoms with Crippen LogP contribution in [0.2, 0.25) is 0 Å². The molecule has 0 aliphatic carbocycles. The first-order valence-electron chi connectivity index (χ1n) is 8.44. The summed E-state index contributed by atoms with van der Waals surface area (Å²) in [6.07, 6.45) is 1.42. The monoisotopic (exact) mass is 354 g/mol. The largest absolute Gasteiger partial charge is 0.497 e. The number of sulfonamides is 1. The average Bonchev–Trinajstić information content (AvgIpc) is 2.99. The maximum atomic E-state index is 13.1. The molecule has 0 aromatic heterocycles. The summed E-state index contributed by atoms with van der Waals surface area (Å²) in [5.41, 5.74) is -0.690. The fraction of sp³-hybridized carbons (Fsp3) is 0.647. The average molecular weight is 354 g/mol. The summed E-state index contributed by atoms with van der Waals surface area (Å²) in [5, 5.41) is 0. The van der Waals surface area contributed by atoms with Gasteiger partial charge in [0.2, 0.25) is 10.0 Å². The van der Waals surface area contributed by atoms with E-state index in [-0.39, 0.29) is 0 Å². The fourth-order valence-electron chi connectivity index (χ4n) is 3.59. The van der Waals surface area contributed by atoms with Gasteiger partial charge in [-0.25, -0.2) is 8.42 Å². The summed E-state index contributed by atoms with van der Waals surface area (Å²) in [7, 11) is -2.01. The number of methoxy groups -OCH3 is 1. The summed E-state index contributed by atoms with van der Waals surface area (Å²) in [6.45, 7) is 6.91. The molecule has 0 bridgehead atoms. The Morgan fingerprint density at radius 2 is 1.75 bits per heavy atom. The Kier molecular flexibility index (Phi) is 4.88. The van der Waals surface area contributed by atoms with Gasteiger partial charge in [-0.2, -0.15) is 4.31 Å². The summed E-state index contributed by atoms with van der Waals surface area (Å²) in [5.74, 6) is 0.645. The van der Waals surface area contributed by atoms with Gasteiger partial charge in [0.25, 0.3) is 0 Å². The van der Waals surface area contributed by atoms with Crippen LogP contribution in [-0.2, 0) is 14.8 Å². The lowest BCUT2D eigenvalue weighted by molar-refractivity contribution is -0.0942. The third-order valence-electron chi connectivity index (χ3n) is 5.08. The molecule has 0 N–H and O–H groups in total. The number of hydrogen-bond acceptors (Lipinski definition) is 5. The highest BCUT2D eigenvalue weighted by Gasteiger charge is 2.50. The zero-order valence-corrected chi connectivity index (χ0v) is 15.4. The number of rotatable bonds is 4. The third kappa shape index (κ3) is 3.06. The van der Waals surface area contributed by atoms with Crippen molar-refractivity contribution in [1.29, 1.82) is 0 Å². The molecule has 1 spiro atoms. The minimum Gasteiger partial charge on any atom is -0.497 e. The van der Waals surface area contributed by atoms with Gasteiger partial charge in [0.15, 0.2) is 0 Å². The third-order valence-corrected chi connectivity index (χ3v) is 7.04. The number of likely N-dealkylation sites (tertiary alicyclic amines) is 1. The standard InChI is InChI=1S/C17H26N2O4S/c1-14(2)18-10-8-17(9-11-18)19(12-13-23-17)24(20,21)16-6-4-15(22-3)5-7-16/h4-7,14H,8-13H2,1-3H3. The zero-order chi connectivity index (χ0) is 17.4. The number of piperidine rings is 1. The SMILES string of the molecule is COc1ccc(S(=O)(=O)N2CCOC23CCN(C(C)C)CC3)cc1. The first-order chi connectivity index (χ1) is 11.4. The predicted octanol–water partition coefficient (Wildman–Crippen LogP) is 1.92. The summed E-state index contributed by atoms with van der Waals surface area (Å²) in [4.78, 5) is 2.66. The van der Waals surface area contributed by atoms with E-state index in [1.54, 1.807) is 35.7 Å². The van der Waals surface area contributed by atoms with Crippen molar-refractivity contribution in [2.45, 2.75) is 43.4 Å². The van der Waals surface area contributed by atoms with Gasteiger partial charge < -0.3 is 14.4 Å². The molecule has 0 amide bonds. The van der Waals surface area contributed by atoms with Crippen LogP contribution in [0.25, 0.3) is 0 Å². The van der Waals surface area contributed by atoms with Gasteiger partial charge in [-0.3, -0.25) is 0 Å². The molecule has 3 rings (SSSR count). The zero-order valence-electron chi connectivity index (χ0n) is 14.6. The second-order valence-corrected chi connectivity index (χ2v) is 8.54. The van der Waals surface area contributed by atoms with E-state index in [1.165, 1.54) is 0 Å². The molecule has 1 aromatic rings. The molecule has 24 heavy (non-hydrogen) atoms. The Morgan fingerprint density at radius 1 is 1.12 bits per heavy atom. The van der Waals surface area contributed by atoms with Crippen LogP contribution in [0.15, 0.2) is 29.2 Å².